The number of fused-ring (bicyclic) bond motifs is 1. The molecule has 1 amide bonds. The molecule has 0 bridgehead atoms. The van der Waals surface area contributed by atoms with E-state index in [0.29, 0.717) is 31.0 Å². The van der Waals surface area contributed by atoms with Gasteiger partial charge >= 0.3 is 0 Å². The van der Waals surface area contributed by atoms with Crippen LogP contribution in [0.2, 0.25) is 0 Å². The number of aromatic nitrogens is 3. The molecule has 0 saturated carbocycles. The quantitative estimate of drug-likeness (QED) is 0.722. The third-order valence-electron chi connectivity index (χ3n) is 4.91. The van der Waals surface area contributed by atoms with Crippen molar-refractivity contribution in [3.05, 3.63) is 76.6 Å². The molecule has 1 unspecified atom stereocenters. The maximum absolute atomic E-state index is 13.1. The number of hydrogen-bond acceptors (Lipinski definition) is 3. The van der Waals surface area contributed by atoms with E-state index in [1.54, 1.807) is 40.0 Å². The molecule has 3 aromatic rings. The van der Waals surface area contributed by atoms with Gasteiger partial charge in [-0.1, -0.05) is 19.1 Å². The Kier molecular flexibility index (Phi) is 4.35. The number of halogens is 1. The highest BCUT2D eigenvalue weighted by Gasteiger charge is 2.32. The van der Waals surface area contributed by atoms with Crippen LogP contribution in [-0.4, -0.2) is 38.4 Å². The van der Waals surface area contributed by atoms with E-state index in [0.717, 1.165) is 23.1 Å². The monoisotopic (exact) mass is 366 g/mol. The number of nitrogens with zero attached hydrogens (tertiary/aromatic N) is 3. The molecule has 0 saturated heterocycles. The van der Waals surface area contributed by atoms with Crippen molar-refractivity contribution in [1.29, 1.82) is 0 Å². The summed E-state index contributed by atoms with van der Waals surface area (Å²) >= 11 is 0. The summed E-state index contributed by atoms with van der Waals surface area (Å²) in [5.74, 6) is -0.364. The Bertz CT molecular complexity index is 976. The van der Waals surface area contributed by atoms with Gasteiger partial charge in [-0.2, -0.15) is 5.10 Å². The molecule has 2 aromatic heterocycles. The van der Waals surface area contributed by atoms with Crippen LogP contribution in [0.1, 0.15) is 50.6 Å². The Labute approximate surface area is 155 Å². The molecule has 1 aromatic carbocycles. The van der Waals surface area contributed by atoms with Gasteiger partial charge in [-0.15, -0.1) is 0 Å². The minimum atomic E-state index is -0.290. The van der Waals surface area contributed by atoms with Crippen LogP contribution in [0.3, 0.4) is 0 Å². The van der Waals surface area contributed by atoms with Gasteiger partial charge in [-0.25, -0.2) is 4.39 Å². The van der Waals surface area contributed by atoms with Crippen LogP contribution >= 0.6 is 0 Å². The molecule has 1 atom stereocenters. The van der Waals surface area contributed by atoms with Gasteiger partial charge in [0.1, 0.15) is 17.2 Å². The first kappa shape index (κ1) is 17.2. The van der Waals surface area contributed by atoms with Gasteiger partial charge in [0, 0.05) is 29.9 Å². The minimum absolute atomic E-state index is 0.0225. The third-order valence-corrected chi connectivity index (χ3v) is 4.91. The Morgan fingerprint density at radius 3 is 2.78 bits per heavy atom. The van der Waals surface area contributed by atoms with Gasteiger partial charge in [0.15, 0.2) is 6.29 Å². The molecule has 6 nitrogen and oxygen atoms in total. The Morgan fingerprint density at radius 2 is 2.11 bits per heavy atom. The number of H-pyrrole nitrogens is 1. The molecular weight excluding hydrogens is 347 g/mol. The van der Waals surface area contributed by atoms with Crippen molar-refractivity contribution in [3.63, 3.8) is 0 Å². The van der Waals surface area contributed by atoms with Gasteiger partial charge in [-0.05, 0) is 29.8 Å². The first-order valence-corrected chi connectivity index (χ1v) is 8.78. The van der Waals surface area contributed by atoms with E-state index in [1.165, 1.54) is 12.1 Å². The van der Waals surface area contributed by atoms with Crippen LogP contribution in [0.25, 0.3) is 0 Å². The Hall–Kier alpha value is -3.22. The lowest BCUT2D eigenvalue weighted by Crippen LogP contribution is -2.38. The van der Waals surface area contributed by atoms with E-state index in [-0.39, 0.29) is 17.6 Å². The standard InChI is InChI=1S/C20H19FN4O2/c1-13-9-24(20(27)17-3-2-8-22-17)11-16-18(12-26)23-25(19(13)16)10-14-4-6-15(21)7-5-14/h2-8,12-13,22H,9-11H2,1H3. The maximum Gasteiger partial charge on any atom is 0.270 e. The van der Waals surface area contributed by atoms with Crippen molar-refractivity contribution >= 4 is 12.2 Å². The summed E-state index contributed by atoms with van der Waals surface area (Å²) in [6.07, 6.45) is 2.44. The lowest BCUT2D eigenvalue weighted by atomic mass is 9.96. The van der Waals surface area contributed by atoms with Crippen molar-refractivity contribution in [3.8, 4) is 0 Å². The number of carbonyl (C=O) groups excluding carboxylic acids is 2. The highest BCUT2D eigenvalue weighted by Crippen LogP contribution is 2.31. The van der Waals surface area contributed by atoms with Gasteiger partial charge in [-0.3, -0.25) is 14.3 Å². The first-order chi connectivity index (χ1) is 13.1. The molecule has 4 rings (SSSR count). The number of rotatable bonds is 4. The van der Waals surface area contributed by atoms with Crippen LogP contribution in [0.5, 0.6) is 0 Å². The summed E-state index contributed by atoms with van der Waals surface area (Å²) in [4.78, 5) is 28.9. The molecule has 138 valence electrons. The van der Waals surface area contributed by atoms with Crippen LogP contribution < -0.4 is 0 Å². The minimum Gasteiger partial charge on any atom is -0.357 e. The molecule has 1 aliphatic rings. The van der Waals surface area contributed by atoms with E-state index in [9.17, 15) is 14.0 Å². The fraction of sp³-hybridized carbons (Fsp3) is 0.250. The lowest BCUT2D eigenvalue weighted by molar-refractivity contribution is 0.0712. The van der Waals surface area contributed by atoms with Crippen LogP contribution in [-0.2, 0) is 13.1 Å². The number of aldehydes is 1. The molecule has 27 heavy (non-hydrogen) atoms. The van der Waals surface area contributed by atoms with Crippen LogP contribution in [0, 0.1) is 5.82 Å². The van der Waals surface area contributed by atoms with Crippen molar-refractivity contribution < 1.29 is 14.0 Å². The molecule has 1 N–H and O–H groups in total. The number of benzene rings is 1. The zero-order valence-corrected chi connectivity index (χ0v) is 14.9. The number of carbonyl (C=O) groups is 2. The second-order valence-corrected chi connectivity index (χ2v) is 6.82. The lowest BCUT2D eigenvalue weighted by Gasteiger charge is -2.31. The van der Waals surface area contributed by atoms with Gasteiger partial charge in [0.05, 0.1) is 13.1 Å². The van der Waals surface area contributed by atoms with E-state index >= 15 is 0 Å². The second kappa shape index (κ2) is 6.83. The summed E-state index contributed by atoms with van der Waals surface area (Å²) in [5.41, 5.74) is 3.51. The van der Waals surface area contributed by atoms with Gasteiger partial charge in [0.2, 0.25) is 0 Å². The van der Waals surface area contributed by atoms with Crippen molar-refractivity contribution in [2.24, 2.45) is 0 Å². The Balaban J connectivity index is 1.66. The van der Waals surface area contributed by atoms with Crippen molar-refractivity contribution in [2.75, 3.05) is 6.54 Å². The summed E-state index contributed by atoms with van der Waals surface area (Å²) in [5, 5.41) is 4.44. The van der Waals surface area contributed by atoms with Crippen molar-refractivity contribution in [2.45, 2.75) is 25.9 Å². The first-order valence-electron chi connectivity index (χ1n) is 8.78. The SMILES string of the molecule is CC1CN(C(=O)c2ccc[nH]2)Cc2c(C=O)nn(Cc3ccc(F)cc3)c21. The molecule has 0 fully saturated rings. The van der Waals surface area contributed by atoms with Gasteiger partial charge in [0.25, 0.3) is 5.91 Å². The maximum atomic E-state index is 13.1. The van der Waals surface area contributed by atoms with E-state index in [4.69, 9.17) is 0 Å². The number of aromatic amines is 1. The van der Waals surface area contributed by atoms with Crippen molar-refractivity contribution in [1.82, 2.24) is 19.7 Å². The fourth-order valence-corrected chi connectivity index (χ4v) is 3.68. The smallest absolute Gasteiger partial charge is 0.270 e. The number of hydrogen-bond donors (Lipinski definition) is 1. The summed E-state index contributed by atoms with van der Waals surface area (Å²) < 4.78 is 14.9. The topological polar surface area (TPSA) is 71.0 Å². The predicted octanol–water partition coefficient (Wildman–Crippen LogP) is 2.97. The average molecular weight is 366 g/mol. The summed E-state index contributed by atoms with van der Waals surface area (Å²) in [6, 6.07) is 9.75. The largest absolute Gasteiger partial charge is 0.357 e. The van der Waals surface area contributed by atoms with E-state index < -0.39 is 0 Å². The average Bonchev–Trinajstić information content (AvgIpc) is 3.31. The fourth-order valence-electron chi connectivity index (χ4n) is 3.68. The molecule has 0 aliphatic carbocycles. The molecular formula is C20H19FN4O2. The summed E-state index contributed by atoms with van der Waals surface area (Å²) in [6.45, 7) is 3.35. The zero-order valence-electron chi connectivity index (χ0n) is 14.9. The third kappa shape index (κ3) is 3.16. The second-order valence-electron chi connectivity index (χ2n) is 6.82. The molecule has 0 radical (unpaired) electrons. The van der Waals surface area contributed by atoms with E-state index in [2.05, 4.69) is 10.1 Å². The highest BCUT2D eigenvalue weighted by molar-refractivity contribution is 5.92. The highest BCUT2D eigenvalue weighted by atomic mass is 19.1. The van der Waals surface area contributed by atoms with Crippen LogP contribution in [0.4, 0.5) is 4.39 Å². The molecule has 3 heterocycles. The molecule has 1 aliphatic heterocycles. The Morgan fingerprint density at radius 1 is 1.33 bits per heavy atom. The zero-order chi connectivity index (χ0) is 19.0. The predicted molar refractivity (Wildman–Crippen MR) is 97.1 cm³/mol. The molecule has 7 heteroatoms. The normalized spacial score (nSPS) is 16.2. The van der Waals surface area contributed by atoms with Gasteiger partial charge < -0.3 is 9.88 Å². The van der Waals surface area contributed by atoms with Crippen LogP contribution in [0.15, 0.2) is 42.6 Å². The summed E-state index contributed by atoms with van der Waals surface area (Å²) in [7, 11) is 0. The molecule has 0 spiro atoms. The van der Waals surface area contributed by atoms with E-state index in [1.807, 2.05) is 6.92 Å². The number of nitrogens with one attached hydrogen (secondary N) is 1. The number of amides is 1.